The van der Waals surface area contributed by atoms with E-state index >= 15 is 0 Å². The summed E-state index contributed by atoms with van der Waals surface area (Å²) in [5, 5.41) is 0.101. The quantitative estimate of drug-likeness (QED) is 0.537. The minimum Gasteiger partial charge on any atom is -0.429 e. The zero-order chi connectivity index (χ0) is 13.2. The Kier molecular flexibility index (Phi) is 0.449. The zero-order valence-electron chi connectivity index (χ0n) is 12.1. The van der Waals surface area contributed by atoms with Crippen molar-refractivity contribution in [1.29, 1.82) is 0 Å². The Balaban J connectivity index is 2.67. The predicted octanol–water partition coefficient (Wildman–Crippen LogP) is 1.48. The van der Waals surface area contributed by atoms with E-state index in [1.54, 1.807) is 0 Å². The Morgan fingerprint density at radius 2 is 2.25 bits per heavy atom. The number of hydrogen-bond acceptors (Lipinski definition) is 1. The van der Waals surface area contributed by atoms with Gasteiger partial charge in [-0.15, -0.1) is 0 Å². The molecule has 0 amide bonds. The average Bonchev–Trinajstić information content (AvgIpc) is 2.78. The summed E-state index contributed by atoms with van der Waals surface area (Å²) in [5.74, 6) is 0.119. The first-order valence-corrected chi connectivity index (χ1v) is 3.51. The summed E-state index contributed by atoms with van der Waals surface area (Å²) in [6, 6.07) is -1.37. The minimum absolute atomic E-state index is 0.0222. The van der Waals surface area contributed by atoms with Crippen LogP contribution in [-0.4, -0.2) is 0 Å². The summed E-state index contributed by atoms with van der Waals surface area (Å²) in [5.41, 5.74) is 0.298. The fourth-order valence-corrected chi connectivity index (χ4v) is 1.27. The van der Waals surface area contributed by atoms with Gasteiger partial charge in [0.25, 0.3) is 12.2 Å². The molecule has 1 aliphatic rings. The van der Waals surface area contributed by atoms with Crippen LogP contribution in [0.15, 0.2) is 36.4 Å². The van der Waals surface area contributed by atoms with Gasteiger partial charge in [0.15, 0.2) is 11.9 Å². The lowest BCUT2D eigenvalue weighted by molar-refractivity contribution is -0.688. The summed E-state index contributed by atoms with van der Waals surface area (Å²) in [7, 11) is 0. The number of aromatic nitrogens is 1. The highest BCUT2D eigenvalue weighted by atomic mass is 16.5. The number of nitrogens with zero attached hydrogens (tertiary/aromatic N) is 1. The molecule has 1 aromatic heterocycles. The topological polar surface area (TPSA) is 13.1 Å². The first kappa shape index (κ1) is 2.73. The van der Waals surface area contributed by atoms with Crippen molar-refractivity contribution in [3.05, 3.63) is 36.4 Å². The second-order valence-electron chi connectivity index (χ2n) is 2.49. The van der Waals surface area contributed by atoms with Crippen LogP contribution in [0.2, 0.25) is 0 Å². The summed E-state index contributed by atoms with van der Waals surface area (Å²) < 4.78 is 53.1. The van der Waals surface area contributed by atoms with Gasteiger partial charge in [0, 0.05) is 6.04 Å². The average molecular weight is 164 g/mol. The van der Waals surface area contributed by atoms with Crippen molar-refractivity contribution in [2.75, 3.05) is 0 Å². The molecule has 3 rings (SSSR count). The fraction of sp³-hybridized carbons (Fsp3) is 0.100. The lowest BCUT2D eigenvalue weighted by Gasteiger charge is -1.90. The third-order valence-electron chi connectivity index (χ3n) is 1.80. The van der Waals surface area contributed by atoms with Crippen LogP contribution in [0, 0.1) is 0 Å². The van der Waals surface area contributed by atoms with E-state index in [9.17, 15) is 0 Å². The van der Waals surface area contributed by atoms with Gasteiger partial charge < -0.3 is 4.74 Å². The Hall–Kier alpha value is -1.57. The van der Waals surface area contributed by atoms with Crippen molar-refractivity contribution >= 4 is 10.9 Å². The summed E-state index contributed by atoms with van der Waals surface area (Å²) in [6.07, 6.45) is -0.178. The third kappa shape index (κ3) is 0.619. The number of benzene rings is 1. The van der Waals surface area contributed by atoms with E-state index in [0.717, 1.165) is 0 Å². The van der Waals surface area contributed by atoms with Gasteiger partial charge >= 0.3 is 0 Å². The molecule has 1 aliphatic heterocycles. The van der Waals surface area contributed by atoms with E-state index in [1.807, 2.05) is 0 Å². The van der Waals surface area contributed by atoms with Crippen LogP contribution in [0.3, 0.4) is 0 Å². The van der Waals surface area contributed by atoms with Crippen molar-refractivity contribution in [2.45, 2.75) is 6.73 Å². The molecule has 0 saturated carbocycles. The second-order valence-corrected chi connectivity index (χ2v) is 2.49. The molecule has 2 aromatic rings. The van der Waals surface area contributed by atoms with Crippen LogP contribution in [0.1, 0.15) is 8.22 Å². The van der Waals surface area contributed by atoms with E-state index in [4.69, 9.17) is 13.0 Å². The molecule has 0 saturated heterocycles. The fourth-order valence-electron chi connectivity index (χ4n) is 1.27. The molecular formula is C10H8NO+. The summed E-state index contributed by atoms with van der Waals surface area (Å²) >= 11 is 0. The molecule has 2 heteroatoms. The van der Waals surface area contributed by atoms with E-state index in [0.29, 0.717) is 5.52 Å². The molecule has 58 valence electrons. The van der Waals surface area contributed by atoms with Gasteiger partial charge in [-0.1, -0.05) is 6.04 Å². The SMILES string of the molecule is [2H]c1c([2H])c2c3c(c1[2H])c([2H])c([2H])c([2H])[n+]3CO2. The van der Waals surface area contributed by atoms with Gasteiger partial charge in [0.2, 0.25) is 0 Å². The number of pyridine rings is 1. The largest absolute Gasteiger partial charge is 0.429 e. The molecular weight excluding hydrogens is 150 g/mol. The molecule has 0 unspecified atom stereocenters. The highest BCUT2D eigenvalue weighted by Crippen LogP contribution is 2.24. The number of ether oxygens (including phenoxy) is 1. The molecule has 0 fully saturated rings. The van der Waals surface area contributed by atoms with Crippen molar-refractivity contribution in [1.82, 2.24) is 0 Å². The van der Waals surface area contributed by atoms with Crippen LogP contribution in [0.4, 0.5) is 0 Å². The smallest absolute Gasteiger partial charge is 0.293 e. The van der Waals surface area contributed by atoms with Crippen molar-refractivity contribution < 1.29 is 17.5 Å². The second kappa shape index (κ2) is 1.97. The van der Waals surface area contributed by atoms with Crippen LogP contribution >= 0.6 is 0 Å². The van der Waals surface area contributed by atoms with Crippen LogP contribution in [0.5, 0.6) is 5.75 Å². The van der Waals surface area contributed by atoms with Gasteiger partial charge in [-0.3, -0.25) is 0 Å². The van der Waals surface area contributed by atoms with Crippen molar-refractivity contribution in [3.8, 4) is 5.75 Å². The molecule has 0 bridgehead atoms. The van der Waals surface area contributed by atoms with Crippen molar-refractivity contribution in [2.24, 2.45) is 0 Å². The lowest BCUT2D eigenvalue weighted by Crippen LogP contribution is -2.31. The molecule has 0 radical (unpaired) electrons. The molecule has 2 nitrogen and oxygen atoms in total. The maximum Gasteiger partial charge on any atom is 0.293 e. The maximum atomic E-state index is 7.82. The molecule has 0 N–H and O–H groups in total. The molecule has 2 heterocycles. The highest BCUT2D eigenvalue weighted by Gasteiger charge is 2.20. The first-order chi connectivity index (χ1) is 8.45. The number of para-hydroxylation sites is 1. The Morgan fingerprint density at radius 3 is 3.25 bits per heavy atom. The molecule has 0 atom stereocenters. The van der Waals surface area contributed by atoms with Crippen LogP contribution < -0.4 is 9.30 Å². The van der Waals surface area contributed by atoms with Gasteiger partial charge in [-0.05, 0) is 18.1 Å². The number of rotatable bonds is 0. The normalized spacial score (nSPS) is 20.3. The van der Waals surface area contributed by atoms with Crippen LogP contribution in [0.25, 0.3) is 10.9 Å². The maximum absolute atomic E-state index is 7.82. The number of hydrogen-bond donors (Lipinski definition) is 0. The third-order valence-corrected chi connectivity index (χ3v) is 1.80. The van der Waals surface area contributed by atoms with Gasteiger partial charge in [0.05, 0.1) is 12.2 Å². The standard InChI is InChI=1S/C10H8NO/c1-3-8-4-2-6-11-7-12-9(5-1)10(8)11/h1-6H,7H2/q+1/i1D,2D,3D,4D,5D,6D. The first-order valence-electron chi connectivity index (χ1n) is 6.51. The minimum atomic E-state index is -0.323. The van der Waals surface area contributed by atoms with E-state index in [-0.39, 0.29) is 54.3 Å². The predicted molar refractivity (Wildman–Crippen MR) is 44.8 cm³/mol. The van der Waals surface area contributed by atoms with Gasteiger partial charge in [-0.25, -0.2) is 0 Å². The lowest BCUT2D eigenvalue weighted by atomic mass is 10.2. The highest BCUT2D eigenvalue weighted by molar-refractivity contribution is 5.81. The molecule has 1 aromatic carbocycles. The summed E-state index contributed by atoms with van der Waals surface area (Å²) in [4.78, 5) is 0. The zero-order valence-corrected chi connectivity index (χ0v) is 6.06. The molecule has 0 spiro atoms. The Bertz CT molecular complexity index is 657. The molecule has 12 heavy (non-hydrogen) atoms. The van der Waals surface area contributed by atoms with Gasteiger partial charge in [-0.2, -0.15) is 4.57 Å². The van der Waals surface area contributed by atoms with Crippen molar-refractivity contribution in [3.63, 3.8) is 0 Å². The van der Waals surface area contributed by atoms with E-state index < -0.39 is 0 Å². The van der Waals surface area contributed by atoms with E-state index in [2.05, 4.69) is 0 Å². The monoisotopic (exact) mass is 164 g/mol. The Labute approximate surface area is 78.4 Å². The van der Waals surface area contributed by atoms with E-state index in [1.165, 1.54) is 4.57 Å². The van der Waals surface area contributed by atoms with Crippen LogP contribution in [-0.2, 0) is 6.73 Å². The molecule has 0 aliphatic carbocycles. The Morgan fingerprint density at radius 1 is 1.33 bits per heavy atom. The summed E-state index contributed by atoms with van der Waals surface area (Å²) in [6.45, 7) is -0.0222. The van der Waals surface area contributed by atoms with Gasteiger partial charge in [0.1, 0.15) is 1.37 Å².